The average molecular weight is 429 g/mol. The summed E-state index contributed by atoms with van der Waals surface area (Å²) in [5, 5.41) is 5.45. The molecule has 0 unspecified atom stereocenters. The number of hydrogen-bond acceptors (Lipinski definition) is 4. The van der Waals surface area contributed by atoms with Crippen LogP contribution in [0.5, 0.6) is 0 Å². The Hall–Kier alpha value is -2.74. The molecule has 3 aromatic rings. The molecule has 8 heteroatoms. The summed E-state index contributed by atoms with van der Waals surface area (Å²) in [7, 11) is 0. The molecule has 6 nitrogen and oxygen atoms in total. The smallest absolute Gasteiger partial charge is 0.276 e. The third-order valence-electron chi connectivity index (χ3n) is 5.56. The number of hydrogen-bond donors (Lipinski definition) is 1. The Morgan fingerprint density at radius 2 is 1.87 bits per heavy atom. The van der Waals surface area contributed by atoms with Crippen LogP contribution in [0.1, 0.15) is 43.4 Å². The standard InChI is InChI=1S/C22H25FN4O2S/c1-15-18(10-11-20(28)26-12-4-2-3-5-13-26)21(29)27(25-15)22-24-19(14-30-22)16-6-8-17(23)9-7-16/h6-9,14,25H,2-5,10-13H2,1H3. The minimum absolute atomic E-state index is 0.122. The van der Waals surface area contributed by atoms with Crippen LogP contribution in [0, 0.1) is 12.7 Å². The molecule has 0 aliphatic carbocycles. The van der Waals surface area contributed by atoms with E-state index < -0.39 is 0 Å². The van der Waals surface area contributed by atoms with Crippen molar-refractivity contribution >= 4 is 17.2 Å². The Bertz CT molecular complexity index is 1080. The molecule has 4 rings (SSSR count). The second kappa shape index (κ2) is 8.95. The lowest BCUT2D eigenvalue weighted by Crippen LogP contribution is -2.32. The zero-order valence-electron chi connectivity index (χ0n) is 17.0. The lowest BCUT2D eigenvalue weighted by molar-refractivity contribution is -0.131. The molecule has 1 amide bonds. The minimum atomic E-state index is -0.301. The normalized spacial score (nSPS) is 14.7. The van der Waals surface area contributed by atoms with Gasteiger partial charge in [-0.2, -0.15) is 4.68 Å². The predicted molar refractivity (Wildman–Crippen MR) is 116 cm³/mol. The second-order valence-electron chi connectivity index (χ2n) is 7.67. The average Bonchev–Trinajstić information content (AvgIpc) is 3.20. The summed E-state index contributed by atoms with van der Waals surface area (Å²) < 4.78 is 14.6. The maximum Gasteiger partial charge on any atom is 0.276 e. The number of H-pyrrole nitrogens is 1. The van der Waals surface area contributed by atoms with E-state index in [1.807, 2.05) is 17.2 Å². The number of carbonyl (C=O) groups is 1. The van der Waals surface area contributed by atoms with Crippen LogP contribution in [0.2, 0.25) is 0 Å². The van der Waals surface area contributed by atoms with Crippen molar-refractivity contribution in [1.29, 1.82) is 0 Å². The molecule has 1 fully saturated rings. The number of carbonyl (C=O) groups excluding carboxylic acids is 1. The van der Waals surface area contributed by atoms with Gasteiger partial charge >= 0.3 is 0 Å². The summed E-state index contributed by atoms with van der Waals surface area (Å²) in [6, 6.07) is 6.10. The van der Waals surface area contributed by atoms with E-state index in [-0.39, 0.29) is 17.3 Å². The van der Waals surface area contributed by atoms with Crippen LogP contribution >= 0.6 is 11.3 Å². The van der Waals surface area contributed by atoms with Gasteiger partial charge in [0.1, 0.15) is 5.82 Å². The van der Waals surface area contributed by atoms with E-state index in [2.05, 4.69) is 10.1 Å². The summed E-state index contributed by atoms with van der Waals surface area (Å²) in [5.41, 5.74) is 2.68. The largest absolute Gasteiger partial charge is 0.343 e. The molecule has 1 saturated heterocycles. The van der Waals surface area contributed by atoms with Gasteiger partial charge in [-0.25, -0.2) is 9.37 Å². The molecule has 1 aliphatic rings. The highest BCUT2D eigenvalue weighted by molar-refractivity contribution is 7.12. The number of rotatable bonds is 5. The molecule has 0 radical (unpaired) electrons. The quantitative estimate of drug-likeness (QED) is 0.666. The fourth-order valence-corrected chi connectivity index (χ4v) is 4.63. The number of likely N-dealkylation sites (tertiary alicyclic amines) is 1. The van der Waals surface area contributed by atoms with Crippen LogP contribution < -0.4 is 5.56 Å². The highest BCUT2D eigenvalue weighted by atomic mass is 32.1. The third-order valence-corrected chi connectivity index (χ3v) is 6.39. The molecule has 1 aromatic carbocycles. The van der Waals surface area contributed by atoms with E-state index in [0.717, 1.165) is 37.2 Å². The molecule has 1 aliphatic heterocycles. The number of nitrogens with zero attached hydrogens (tertiary/aromatic N) is 3. The summed E-state index contributed by atoms with van der Waals surface area (Å²) in [4.78, 5) is 32.0. The summed E-state index contributed by atoms with van der Waals surface area (Å²) in [6.07, 6.45) is 5.23. The lowest BCUT2D eigenvalue weighted by atomic mass is 10.1. The van der Waals surface area contributed by atoms with Crippen LogP contribution in [-0.4, -0.2) is 38.7 Å². The molecular weight excluding hydrogens is 403 g/mol. The van der Waals surface area contributed by atoms with Gasteiger partial charge in [0.05, 0.1) is 5.69 Å². The van der Waals surface area contributed by atoms with E-state index in [9.17, 15) is 14.0 Å². The van der Waals surface area contributed by atoms with E-state index in [1.54, 1.807) is 12.1 Å². The van der Waals surface area contributed by atoms with E-state index >= 15 is 0 Å². The summed E-state index contributed by atoms with van der Waals surface area (Å²) in [6.45, 7) is 3.49. The number of halogens is 1. The van der Waals surface area contributed by atoms with Gasteiger partial charge < -0.3 is 4.90 Å². The zero-order chi connectivity index (χ0) is 21.1. The molecule has 158 valence electrons. The topological polar surface area (TPSA) is 71.0 Å². The highest BCUT2D eigenvalue weighted by Gasteiger charge is 2.19. The van der Waals surface area contributed by atoms with Gasteiger partial charge in [-0.3, -0.25) is 14.7 Å². The van der Waals surface area contributed by atoms with E-state index in [4.69, 9.17) is 0 Å². The molecule has 0 spiro atoms. The molecule has 0 atom stereocenters. The SMILES string of the molecule is Cc1[nH]n(-c2nc(-c3ccc(F)cc3)cs2)c(=O)c1CCC(=O)N1CCCCCC1. The van der Waals surface area contributed by atoms with Crippen molar-refractivity contribution in [2.45, 2.75) is 45.4 Å². The fraction of sp³-hybridized carbons (Fsp3) is 0.409. The van der Waals surface area contributed by atoms with Crippen molar-refractivity contribution < 1.29 is 9.18 Å². The highest BCUT2D eigenvalue weighted by Crippen LogP contribution is 2.24. The Morgan fingerprint density at radius 3 is 2.57 bits per heavy atom. The Labute approximate surface area is 178 Å². The maximum absolute atomic E-state index is 13.1. The van der Waals surface area contributed by atoms with E-state index in [1.165, 1.54) is 41.0 Å². The first-order valence-corrected chi connectivity index (χ1v) is 11.2. The summed E-state index contributed by atoms with van der Waals surface area (Å²) >= 11 is 1.34. The third kappa shape index (κ3) is 4.38. The number of amides is 1. The van der Waals surface area contributed by atoms with Crippen molar-refractivity contribution in [3.63, 3.8) is 0 Å². The van der Waals surface area contributed by atoms with Crippen LogP contribution in [0.25, 0.3) is 16.4 Å². The number of thiazole rings is 1. The monoisotopic (exact) mass is 428 g/mol. The van der Waals surface area contributed by atoms with Crippen LogP contribution in [0.3, 0.4) is 0 Å². The Kier molecular flexibility index (Phi) is 6.13. The molecule has 1 N–H and O–H groups in total. The van der Waals surface area contributed by atoms with Crippen LogP contribution in [0.15, 0.2) is 34.4 Å². The van der Waals surface area contributed by atoms with Gasteiger partial charge in [0.15, 0.2) is 0 Å². The lowest BCUT2D eigenvalue weighted by Gasteiger charge is -2.20. The van der Waals surface area contributed by atoms with Gasteiger partial charge in [-0.1, -0.05) is 12.8 Å². The number of benzene rings is 1. The number of aromatic amines is 1. The molecule has 0 bridgehead atoms. The Morgan fingerprint density at radius 1 is 1.17 bits per heavy atom. The van der Waals surface area contributed by atoms with Gasteiger partial charge in [-0.05, 0) is 50.5 Å². The first-order chi connectivity index (χ1) is 14.5. The molecule has 2 aromatic heterocycles. The summed E-state index contributed by atoms with van der Waals surface area (Å²) in [5.74, 6) is -0.180. The fourth-order valence-electron chi connectivity index (χ4n) is 3.84. The maximum atomic E-state index is 13.1. The number of aromatic nitrogens is 3. The van der Waals surface area contributed by atoms with Gasteiger partial charge in [0, 0.05) is 41.7 Å². The molecule has 0 saturated carbocycles. The minimum Gasteiger partial charge on any atom is -0.343 e. The molecular formula is C22H25FN4O2S. The van der Waals surface area contributed by atoms with Gasteiger partial charge in [0.25, 0.3) is 5.56 Å². The van der Waals surface area contributed by atoms with Crippen LogP contribution in [-0.2, 0) is 11.2 Å². The number of nitrogens with one attached hydrogen (secondary N) is 1. The number of aryl methyl sites for hydroxylation is 1. The first-order valence-electron chi connectivity index (χ1n) is 10.3. The zero-order valence-corrected chi connectivity index (χ0v) is 17.8. The second-order valence-corrected chi connectivity index (χ2v) is 8.51. The van der Waals surface area contributed by atoms with Crippen molar-refractivity contribution in [3.8, 4) is 16.4 Å². The first kappa shape index (κ1) is 20.5. The van der Waals surface area contributed by atoms with Crippen molar-refractivity contribution in [3.05, 3.63) is 57.1 Å². The van der Waals surface area contributed by atoms with Gasteiger partial charge in [-0.15, -0.1) is 11.3 Å². The Balaban J connectivity index is 1.49. The van der Waals surface area contributed by atoms with Crippen molar-refractivity contribution in [2.24, 2.45) is 0 Å². The molecule has 30 heavy (non-hydrogen) atoms. The van der Waals surface area contributed by atoms with Gasteiger partial charge in [0.2, 0.25) is 11.0 Å². The molecule has 3 heterocycles. The van der Waals surface area contributed by atoms with E-state index in [0.29, 0.717) is 29.2 Å². The van der Waals surface area contributed by atoms with Crippen molar-refractivity contribution in [2.75, 3.05) is 13.1 Å². The van der Waals surface area contributed by atoms with Crippen molar-refractivity contribution in [1.82, 2.24) is 19.7 Å². The van der Waals surface area contributed by atoms with Crippen LogP contribution in [0.4, 0.5) is 4.39 Å². The predicted octanol–water partition coefficient (Wildman–Crippen LogP) is 4.07.